The van der Waals surface area contributed by atoms with Gasteiger partial charge in [0.25, 0.3) is 0 Å². The van der Waals surface area contributed by atoms with Crippen LogP contribution < -0.4 is 0 Å². The Morgan fingerprint density at radius 3 is 1.96 bits per heavy atom. The molecule has 1 N–H and O–H groups in total. The second kappa shape index (κ2) is 8.99. The van der Waals surface area contributed by atoms with E-state index in [4.69, 9.17) is 11.6 Å². The standard InChI is InChI=1S/C21H25ClN2O2/c1-23(2)13-17-11-16(12-18(21(17)26)14-24(3)4)20(25)10-7-15-5-8-19(22)9-6-15/h5-12,26H,13-14H2,1-4H3/b10-7-. The number of allylic oxidation sites excluding steroid dienone is 1. The van der Waals surface area contributed by atoms with E-state index >= 15 is 0 Å². The van der Waals surface area contributed by atoms with Crippen molar-refractivity contribution in [2.75, 3.05) is 28.2 Å². The summed E-state index contributed by atoms with van der Waals surface area (Å²) in [5, 5.41) is 11.2. The molecule has 0 unspecified atom stereocenters. The molecule has 0 aliphatic heterocycles. The van der Waals surface area contributed by atoms with Crippen molar-refractivity contribution in [2.24, 2.45) is 0 Å². The Balaban J connectivity index is 2.33. The van der Waals surface area contributed by atoms with E-state index in [-0.39, 0.29) is 11.5 Å². The fourth-order valence-corrected chi connectivity index (χ4v) is 2.79. The van der Waals surface area contributed by atoms with Crippen molar-refractivity contribution in [3.8, 4) is 5.75 Å². The Kier molecular flexibility index (Phi) is 6.98. The third-order valence-electron chi connectivity index (χ3n) is 3.82. The molecule has 0 saturated carbocycles. The summed E-state index contributed by atoms with van der Waals surface area (Å²) < 4.78 is 0. The first kappa shape index (κ1) is 20.2. The van der Waals surface area contributed by atoms with Crippen molar-refractivity contribution in [3.63, 3.8) is 0 Å². The van der Waals surface area contributed by atoms with E-state index in [1.165, 1.54) is 0 Å². The summed E-state index contributed by atoms with van der Waals surface area (Å²) in [5.74, 6) is 0.158. The number of nitrogens with zero attached hydrogens (tertiary/aromatic N) is 2. The van der Waals surface area contributed by atoms with E-state index in [0.29, 0.717) is 23.7 Å². The number of aromatic hydroxyl groups is 1. The summed E-state index contributed by atoms with van der Waals surface area (Å²) in [7, 11) is 7.72. The number of carbonyl (C=O) groups excluding carboxylic acids is 1. The third-order valence-corrected chi connectivity index (χ3v) is 4.07. The maximum absolute atomic E-state index is 12.7. The molecule has 0 spiro atoms. The van der Waals surface area contributed by atoms with E-state index in [9.17, 15) is 9.90 Å². The van der Waals surface area contributed by atoms with Crippen LogP contribution in [-0.2, 0) is 13.1 Å². The van der Waals surface area contributed by atoms with Crippen LogP contribution in [0.15, 0.2) is 42.5 Å². The van der Waals surface area contributed by atoms with Crippen LogP contribution in [0, 0.1) is 0 Å². The number of phenols is 1. The summed E-state index contributed by atoms with van der Waals surface area (Å²) >= 11 is 5.88. The first-order chi connectivity index (χ1) is 12.3. The largest absolute Gasteiger partial charge is 0.507 e. The topological polar surface area (TPSA) is 43.8 Å². The SMILES string of the molecule is CN(C)Cc1cc(C(=O)/C=C\c2ccc(Cl)cc2)cc(CN(C)C)c1O. The van der Waals surface area contributed by atoms with Crippen LogP contribution in [0.1, 0.15) is 27.0 Å². The van der Waals surface area contributed by atoms with Crippen molar-refractivity contribution in [3.05, 3.63) is 69.8 Å². The average molecular weight is 373 g/mol. The monoisotopic (exact) mass is 372 g/mol. The second-order valence-electron chi connectivity index (χ2n) is 6.87. The van der Waals surface area contributed by atoms with E-state index in [2.05, 4.69) is 0 Å². The van der Waals surface area contributed by atoms with E-state index in [0.717, 1.165) is 16.7 Å². The molecule has 0 fully saturated rings. The lowest BCUT2D eigenvalue weighted by molar-refractivity contribution is 0.104. The van der Waals surface area contributed by atoms with Crippen LogP contribution in [-0.4, -0.2) is 48.9 Å². The minimum atomic E-state index is -0.0973. The Labute approximate surface area is 160 Å². The molecule has 0 saturated heterocycles. The predicted octanol–water partition coefficient (Wildman–Crippen LogP) is 4.06. The number of hydrogen-bond donors (Lipinski definition) is 1. The van der Waals surface area contributed by atoms with Crippen molar-refractivity contribution in [2.45, 2.75) is 13.1 Å². The zero-order chi connectivity index (χ0) is 19.3. The zero-order valence-corrected chi connectivity index (χ0v) is 16.4. The molecule has 2 aromatic carbocycles. The van der Waals surface area contributed by atoms with Gasteiger partial charge in [-0.25, -0.2) is 0 Å². The molecule has 0 amide bonds. The molecular formula is C21H25ClN2O2. The summed E-state index contributed by atoms with van der Waals surface area (Å²) in [6.07, 6.45) is 3.32. The van der Waals surface area contributed by atoms with Gasteiger partial charge in [0.2, 0.25) is 0 Å². The normalized spacial score (nSPS) is 11.7. The average Bonchev–Trinajstić information content (AvgIpc) is 2.56. The van der Waals surface area contributed by atoms with Gasteiger partial charge in [0.05, 0.1) is 0 Å². The number of phenolic OH excluding ortho intramolecular Hbond substituents is 1. The lowest BCUT2D eigenvalue weighted by Gasteiger charge is -2.17. The van der Waals surface area contributed by atoms with E-state index in [1.807, 2.05) is 50.1 Å². The maximum atomic E-state index is 12.7. The van der Waals surface area contributed by atoms with Gasteiger partial charge in [0.1, 0.15) is 5.75 Å². The Morgan fingerprint density at radius 2 is 1.50 bits per heavy atom. The Morgan fingerprint density at radius 1 is 1.00 bits per heavy atom. The fraction of sp³-hybridized carbons (Fsp3) is 0.286. The van der Waals surface area contributed by atoms with Crippen LogP contribution >= 0.6 is 11.6 Å². The van der Waals surface area contributed by atoms with Crippen molar-refractivity contribution in [1.82, 2.24) is 9.80 Å². The maximum Gasteiger partial charge on any atom is 0.185 e. The van der Waals surface area contributed by atoms with Crippen LogP contribution in [0.5, 0.6) is 5.75 Å². The lowest BCUT2D eigenvalue weighted by Crippen LogP contribution is -2.15. The zero-order valence-electron chi connectivity index (χ0n) is 15.7. The first-order valence-electron chi connectivity index (χ1n) is 8.38. The molecular weight excluding hydrogens is 348 g/mol. The van der Waals surface area contributed by atoms with Crippen LogP contribution in [0.25, 0.3) is 6.08 Å². The highest BCUT2D eigenvalue weighted by Gasteiger charge is 2.14. The number of benzene rings is 2. The fourth-order valence-electron chi connectivity index (χ4n) is 2.67. The molecule has 0 aliphatic rings. The summed E-state index contributed by atoms with van der Waals surface area (Å²) in [4.78, 5) is 16.6. The van der Waals surface area contributed by atoms with Crippen molar-refractivity contribution in [1.29, 1.82) is 0 Å². The molecule has 0 bridgehead atoms. The minimum absolute atomic E-state index is 0.0973. The van der Waals surface area contributed by atoms with Crippen LogP contribution in [0.4, 0.5) is 0 Å². The van der Waals surface area contributed by atoms with Gasteiger partial charge in [-0.15, -0.1) is 0 Å². The number of halogens is 1. The highest BCUT2D eigenvalue weighted by molar-refractivity contribution is 6.30. The number of rotatable bonds is 7. The number of carbonyl (C=O) groups is 1. The van der Waals surface area contributed by atoms with Gasteiger partial charge < -0.3 is 14.9 Å². The molecule has 0 aliphatic carbocycles. The molecule has 2 rings (SSSR count). The Bertz CT molecular complexity index is 765. The van der Waals surface area contributed by atoms with Crippen molar-refractivity contribution < 1.29 is 9.90 Å². The second-order valence-corrected chi connectivity index (χ2v) is 7.30. The van der Waals surface area contributed by atoms with Gasteiger partial charge in [-0.05, 0) is 64.1 Å². The summed E-state index contributed by atoms with van der Waals surface area (Å²) in [6, 6.07) is 10.8. The van der Waals surface area contributed by atoms with E-state index < -0.39 is 0 Å². The third kappa shape index (κ3) is 5.70. The molecule has 5 heteroatoms. The van der Waals surface area contributed by atoms with Crippen molar-refractivity contribution >= 4 is 23.5 Å². The van der Waals surface area contributed by atoms with Gasteiger partial charge in [-0.1, -0.05) is 29.8 Å². The smallest absolute Gasteiger partial charge is 0.185 e. The lowest BCUT2D eigenvalue weighted by atomic mass is 10.00. The molecule has 26 heavy (non-hydrogen) atoms. The quantitative estimate of drug-likeness (QED) is 0.588. The molecule has 0 aromatic heterocycles. The van der Waals surface area contributed by atoms with Gasteiger partial charge in [0, 0.05) is 34.8 Å². The summed E-state index contributed by atoms with van der Waals surface area (Å²) in [5.41, 5.74) is 2.97. The van der Waals surface area contributed by atoms with Gasteiger partial charge in [-0.3, -0.25) is 4.79 Å². The van der Waals surface area contributed by atoms with E-state index in [1.54, 1.807) is 36.4 Å². The number of hydrogen-bond acceptors (Lipinski definition) is 4. The molecule has 0 atom stereocenters. The van der Waals surface area contributed by atoms with Gasteiger partial charge in [-0.2, -0.15) is 0 Å². The predicted molar refractivity (Wildman–Crippen MR) is 108 cm³/mol. The molecule has 2 aromatic rings. The highest BCUT2D eigenvalue weighted by atomic mass is 35.5. The van der Waals surface area contributed by atoms with Crippen LogP contribution in [0.3, 0.4) is 0 Å². The van der Waals surface area contributed by atoms with Crippen LogP contribution in [0.2, 0.25) is 5.02 Å². The minimum Gasteiger partial charge on any atom is -0.507 e. The molecule has 138 valence electrons. The summed E-state index contributed by atoms with van der Waals surface area (Å²) in [6.45, 7) is 1.13. The first-order valence-corrected chi connectivity index (χ1v) is 8.76. The highest BCUT2D eigenvalue weighted by Crippen LogP contribution is 2.27. The number of ketones is 1. The molecule has 0 heterocycles. The van der Waals surface area contributed by atoms with Gasteiger partial charge in [0.15, 0.2) is 5.78 Å². The van der Waals surface area contributed by atoms with Gasteiger partial charge >= 0.3 is 0 Å². The Hall–Kier alpha value is -2.14. The molecule has 4 nitrogen and oxygen atoms in total. The molecule has 0 radical (unpaired) electrons.